The van der Waals surface area contributed by atoms with Crippen LogP contribution in [-0.2, 0) is 9.59 Å². The Morgan fingerprint density at radius 2 is 2.00 bits per heavy atom. The van der Waals surface area contributed by atoms with E-state index in [0.29, 0.717) is 18.8 Å². The number of anilines is 1. The highest BCUT2D eigenvalue weighted by atomic mass is 16.2. The molecule has 0 bridgehead atoms. The van der Waals surface area contributed by atoms with Crippen LogP contribution in [0.2, 0.25) is 0 Å². The van der Waals surface area contributed by atoms with Crippen molar-refractivity contribution in [3.8, 4) is 0 Å². The van der Waals surface area contributed by atoms with Crippen LogP contribution in [0.1, 0.15) is 43.7 Å². The first kappa shape index (κ1) is 14.6. The van der Waals surface area contributed by atoms with Crippen LogP contribution in [0.3, 0.4) is 0 Å². The normalized spacial score (nSPS) is 19.1. The molecule has 108 valence electrons. The number of likely N-dealkylation sites (N-methyl/N-ethyl adjacent to an activating group) is 1. The summed E-state index contributed by atoms with van der Waals surface area (Å²) in [6.07, 6.45) is 0.983. The van der Waals surface area contributed by atoms with Gasteiger partial charge < -0.3 is 4.90 Å². The zero-order valence-electron chi connectivity index (χ0n) is 12.6. The molecule has 0 aromatic heterocycles. The molecule has 0 spiro atoms. The lowest BCUT2D eigenvalue weighted by Crippen LogP contribution is -2.51. The van der Waals surface area contributed by atoms with Crippen molar-refractivity contribution in [3.05, 3.63) is 29.3 Å². The van der Waals surface area contributed by atoms with Gasteiger partial charge in [0.15, 0.2) is 0 Å². The van der Waals surface area contributed by atoms with Crippen LogP contribution < -0.4 is 10.2 Å². The van der Waals surface area contributed by atoms with Crippen LogP contribution in [0, 0.1) is 6.92 Å². The highest BCUT2D eigenvalue weighted by Gasteiger charge is 2.30. The fraction of sp³-hybridized carbons (Fsp3) is 0.500. The second-order valence-electron chi connectivity index (χ2n) is 5.78. The van der Waals surface area contributed by atoms with E-state index in [4.69, 9.17) is 0 Å². The molecular weight excluding hydrogens is 252 g/mol. The predicted molar refractivity (Wildman–Crippen MR) is 79.8 cm³/mol. The Balaban J connectivity index is 2.23. The molecule has 1 atom stereocenters. The number of imide groups is 1. The zero-order chi connectivity index (χ0) is 14.9. The van der Waals surface area contributed by atoms with E-state index in [1.54, 1.807) is 0 Å². The van der Waals surface area contributed by atoms with Crippen LogP contribution in [-0.4, -0.2) is 24.9 Å². The van der Waals surface area contributed by atoms with Crippen LogP contribution in [0.5, 0.6) is 0 Å². The molecule has 1 N–H and O–H groups in total. The van der Waals surface area contributed by atoms with E-state index in [1.807, 2.05) is 11.9 Å². The number of rotatable bonds is 3. The number of nitrogens with zero attached hydrogens (tertiary/aromatic N) is 1. The molecule has 0 radical (unpaired) electrons. The number of nitrogens with one attached hydrogen (secondary N) is 1. The van der Waals surface area contributed by atoms with E-state index >= 15 is 0 Å². The number of hydrogen-bond acceptors (Lipinski definition) is 3. The summed E-state index contributed by atoms with van der Waals surface area (Å²) in [4.78, 5) is 25.1. The van der Waals surface area contributed by atoms with Gasteiger partial charge in [-0.05, 0) is 36.5 Å². The highest BCUT2D eigenvalue weighted by Crippen LogP contribution is 2.27. The van der Waals surface area contributed by atoms with Gasteiger partial charge in [-0.2, -0.15) is 0 Å². The number of carbonyl (C=O) groups excluding carboxylic acids is 2. The number of carbonyl (C=O) groups is 2. The van der Waals surface area contributed by atoms with Crippen LogP contribution in [0.15, 0.2) is 18.2 Å². The van der Waals surface area contributed by atoms with Crippen molar-refractivity contribution in [1.29, 1.82) is 0 Å². The largest absolute Gasteiger partial charge is 0.362 e. The molecule has 2 amide bonds. The second-order valence-corrected chi connectivity index (χ2v) is 5.78. The Kier molecular flexibility index (Phi) is 4.12. The maximum atomic E-state index is 11.9. The SMILES string of the molecule is Cc1cc(C(C)C)ccc1N(C)C1CCC(=O)NC1=O. The lowest BCUT2D eigenvalue weighted by atomic mass is 9.98. The first-order valence-electron chi connectivity index (χ1n) is 7.07. The Bertz CT molecular complexity index is 537. The van der Waals surface area contributed by atoms with Gasteiger partial charge >= 0.3 is 0 Å². The molecule has 0 saturated carbocycles. The van der Waals surface area contributed by atoms with Crippen molar-refractivity contribution in [2.45, 2.75) is 45.6 Å². The molecule has 1 heterocycles. The first-order chi connectivity index (χ1) is 9.40. The molecule has 1 aromatic rings. The summed E-state index contributed by atoms with van der Waals surface area (Å²) in [5, 5.41) is 2.41. The van der Waals surface area contributed by atoms with Gasteiger partial charge in [-0.25, -0.2) is 0 Å². The van der Waals surface area contributed by atoms with Gasteiger partial charge in [0.25, 0.3) is 0 Å². The molecule has 1 unspecified atom stereocenters. The Morgan fingerprint density at radius 3 is 2.55 bits per heavy atom. The van der Waals surface area contributed by atoms with Crippen molar-refractivity contribution >= 4 is 17.5 Å². The molecular formula is C16H22N2O2. The summed E-state index contributed by atoms with van der Waals surface area (Å²) < 4.78 is 0. The third-order valence-electron chi connectivity index (χ3n) is 3.95. The van der Waals surface area contributed by atoms with Gasteiger partial charge in [-0.3, -0.25) is 14.9 Å². The lowest BCUT2D eigenvalue weighted by molar-refractivity contribution is -0.134. The number of aryl methyl sites for hydroxylation is 1. The summed E-state index contributed by atoms with van der Waals surface area (Å²) in [7, 11) is 1.91. The maximum absolute atomic E-state index is 11.9. The van der Waals surface area contributed by atoms with E-state index in [2.05, 4.69) is 44.3 Å². The Morgan fingerprint density at radius 1 is 1.30 bits per heavy atom. The predicted octanol–water partition coefficient (Wildman–Crippen LogP) is 2.36. The second kappa shape index (κ2) is 5.65. The van der Waals surface area contributed by atoms with E-state index in [-0.39, 0.29) is 17.9 Å². The smallest absolute Gasteiger partial charge is 0.249 e. The standard InChI is InChI=1S/C16H22N2O2/c1-10(2)12-5-6-13(11(3)9-12)18(4)14-7-8-15(19)17-16(14)20/h5-6,9-10,14H,7-8H2,1-4H3,(H,17,19,20). The molecule has 2 rings (SSSR count). The van der Waals surface area contributed by atoms with Gasteiger partial charge in [-0.15, -0.1) is 0 Å². The molecule has 4 heteroatoms. The van der Waals surface area contributed by atoms with Crippen molar-refractivity contribution in [2.24, 2.45) is 0 Å². The summed E-state index contributed by atoms with van der Waals surface area (Å²) >= 11 is 0. The molecule has 1 fully saturated rings. The number of amides is 2. The van der Waals surface area contributed by atoms with E-state index < -0.39 is 0 Å². The molecule has 1 aliphatic rings. The van der Waals surface area contributed by atoms with Crippen molar-refractivity contribution in [1.82, 2.24) is 5.32 Å². The van der Waals surface area contributed by atoms with Gasteiger partial charge in [0.1, 0.15) is 6.04 Å². The topological polar surface area (TPSA) is 49.4 Å². The summed E-state index contributed by atoms with van der Waals surface area (Å²) in [5.41, 5.74) is 3.50. The molecule has 1 aliphatic heterocycles. The highest BCUT2D eigenvalue weighted by molar-refractivity contribution is 6.01. The average molecular weight is 274 g/mol. The van der Waals surface area contributed by atoms with Crippen molar-refractivity contribution in [3.63, 3.8) is 0 Å². The number of piperidine rings is 1. The third-order valence-corrected chi connectivity index (χ3v) is 3.95. The summed E-state index contributed by atoms with van der Waals surface area (Å²) in [6.45, 7) is 6.39. The maximum Gasteiger partial charge on any atom is 0.249 e. The van der Waals surface area contributed by atoms with E-state index in [0.717, 1.165) is 11.3 Å². The molecule has 1 saturated heterocycles. The fourth-order valence-electron chi connectivity index (χ4n) is 2.65. The molecule has 4 nitrogen and oxygen atoms in total. The Hall–Kier alpha value is -1.84. The van der Waals surface area contributed by atoms with Gasteiger partial charge in [0.05, 0.1) is 0 Å². The summed E-state index contributed by atoms with van der Waals surface area (Å²) in [5.74, 6) is 0.117. The zero-order valence-corrected chi connectivity index (χ0v) is 12.6. The third kappa shape index (κ3) is 2.84. The minimum atomic E-state index is -0.267. The van der Waals surface area contributed by atoms with Crippen molar-refractivity contribution < 1.29 is 9.59 Å². The molecule has 20 heavy (non-hydrogen) atoms. The lowest BCUT2D eigenvalue weighted by Gasteiger charge is -2.32. The minimum Gasteiger partial charge on any atom is -0.362 e. The number of hydrogen-bond donors (Lipinski definition) is 1. The van der Waals surface area contributed by atoms with Gasteiger partial charge in [0.2, 0.25) is 11.8 Å². The van der Waals surface area contributed by atoms with Crippen LogP contribution in [0.25, 0.3) is 0 Å². The summed E-state index contributed by atoms with van der Waals surface area (Å²) in [6, 6.07) is 6.07. The van der Waals surface area contributed by atoms with Gasteiger partial charge in [-0.1, -0.05) is 26.0 Å². The van der Waals surface area contributed by atoms with E-state index in [9.17, 15) is 9.59 Å². The quantitative estimate of drug-likeness (QED) is 0.861. The van der Waals surface area contributed by atoms with Crippen molar-refractivity contribution in [2.75, 3.05) is 11.9 Å². The fourth-order valence-corrected chi connectivity index (χ4v) is 2.65. The number of benzene rings is 1. The minimum absolute atomic E-state index is 0.175. The first-order valence-corrected chi connectivity index (χ1v) is 7.07. The Labute approximate surface area is 120 Å². The van der Waals surface area contributed by atoms with Gasteiger partial charge in [0, 0.05) is 19.2 Å². The van der Waals surface area contributed by atoms with Crippen LogP contribution in [0.4, 0.5) is 5.69 Å². The van der Waals surface area contributed by atoms with Crippen LogP contribution >= 0.6 is 0 Å². The molecule has 0 aliphatic carbocycles. The monoisotopic (exact) mass is 274 g/mol. The molecule has 1 aromatic carbocycles. The van der Waals surface area contributed by atoms with E-state index in [1.165, 1.54) is 5.56 Å². The average Bonchev–Trinajstić information content (AvgIpc) is 2.37.